The van der Waals surface area contributed by atoms with Crippen LogP contribution in [0.1, 0.15) is 32.5 Å². The maximum absolute atomic E-state index is 5.46. The molecule has 0 aliphatic heterocycles. The summed E-state index contributed by atoms with van der Waals surface area (Å²) in [5.41, 5.74) is 5.46. The number of hydrogen-bond acceptors (Lipinski definition) is 4. The van der Waals surface area contributed by atoms with Crippen LogP contribution in [0.25, 0.3) is 0 Å². The third-order valence-electron chi connectivity index (χ3n) is 1.93. The summed E-state index contributed by atoms with van der Waals surface area (Å²) in [7, 11) is 0. The molecule has 0 saturated carbocycles. The Morgan fingerprint density at radius 3 is 2.64 bits per heavy atom. The van der Waals surface area contributed by atoms with Crippen LogP contribution in [-0.4, -0.2) is 27.1 Å². The average molecular weight is 214 g/mol. The second-order valence-corrected chi connectivity index (χ2v) is 4.44. The molecule has 0 unspecified atom stereocenters. The predicted molar refractivity (Wildman–Crippen MR) is 59.6 cm³/mol. The number of nitrogens with two attached hydrogens (primary N) is 1. The van der Waals surface area contributed by atoms with Crippen molar-refractivity contribution in [3.05, 3.63) is 5.82 Å². The highest BCUT2D eigenvalue weighted by atomic mass is 32.2. The fraction of sp³-hybridized carbons (Fsp3) is 0.778. The number of aromatic nitrogens is 3. The molecule has 0 atom stereocenters. The second kappa shape index (κ2) is 5.36. The molecule has 5 heteroatoms. The molecule has 0 bridgehead atoms. The third kappa shape index (κ3) is 2.48. The van der Waals surface area contributed by atoms with Crippen molar-refractivity contribution in [1.82, 2.24) is 14.8 Å². The third-order valence-corrected chi connectivity index (χ3v) is 2.93. The van der Waals surface area contributed by atoms with Crippen LogP contribution in [0.3, 0.4) is 0 Å². The molecule has 1 heterocycles. The topological polar surface area (TPSA) is 56.7 Å². The Kier molecular flexibility index (Phi) is 4.41. The van der Waals surface area contributed by atoms with Gasteiger partial charge in [0.1, 0.15) is 5.82 Å². The SMILES string of the molecule is CCn1c(SCCN)nnc1C(C)C. The van der Waals surface area contributed by atoms with E-state index in [-0.39, 0.29) is 0 Å². The van der Waals surface area contributed by atoms with Gasteiger partial charge in [0.2, 0.25) is 0 Å². The Hall–Kier alpha value is -0.550. The highest BCUT2D eigenvalue weighted by Crippen LogP contribution is 2.20. The molecule has 0 spiro atoms. The molecular formula is C9H18N4S. The van der Waals surface area contributed by atoms with Crippen molar-refractivity contribution < 1.29 is 0 Å². The normalized spacial score (nSPS) is 11.2. The van der Waals surface area contributed by atoms with Crippen molar-refractivity contribution in [3.63, 3.8) is 0 Å². The van der Waals surface area contributed by atoms with Gasteiger partial charge in [0.05, 0.1) is 0 Å². The van der Waals surface area contributed by atoms with E-state index < -0.39 is 0 Å². The zero-order valence-electron chi connectivity index (χ0n) is 9.03. The zero-order valence-corrected chi connectivity index (χ0v) is 9.84. The van der Waals surface area contributed by atoms with Crippen LogP contribution in [0.15, 0.2) is 5.16 Å². The van der Waals surface area contributed by atoms with Gasteiger partial charge in [0, 0.05) is 24.8 Å². The molecule has 0 aliphatic rings. The molecule has 0 radical (unpaired) electrons. The number of nitrogens with zero attached hydrogens (tertiary/aromatic N) is 3. The van der Waals surface area contributed by atoms with E-state index in [0.717, 1.165) is 23.3 Å². The van der Waals surface area contributed by atoms with E-state index in [1.807, 2.05) is 0 Å². The first kappa shape index (κ1) is 11.5. The van der Waals surface area contributed by atoms with Crippen LogP contribution < -0.4 is 5.73 Å². The smallest absolute Gasteiger partial charge is 0.191 e. The molecule has 1 aromatic heterocycles. The molecule has 80 valence electrons. The first-order valence-electron chi connectivity index (χ1n) is 4.96. The Bertz CT molecular complexity index is 282. The molecule has 0 saturated heterocycles. The number of rotatable bonds is 5. The van der Waals surface area contributed by atoms with Crippen LogP contribution in [0.4, 0.5) is 0 Å². The monoisotopic (exact) mass is 214 g/mol. The maximum Gasteiger partial charge on any atom is 0.191 e. The van der Waals surface area contributed by atoms with E-state index in [9.17, 15) is 0 Å². The molecule has 14 heavy (non-hydrogen) atoms. The molecule has 0 aliphatic carbocycles. The van der Waals surface area contributed by atoms with Crippen molar-refractivity contribution in [2.45, 2.75) is 38.4 Å². The van der Waals surface area contributed by atoms with Crippen molar-refractivity contribution in [2.75, 3.05) is 12.3 Å². The number of hydrogen-bond donors (Lipinski definition) is 1. The zero-order chi connectivity index (χ0) is 10.6. The van der Waals surface area contributed by atoms with Crippen LogP contribution in [-0.2, 0) is 6.54 Å². The van der Waals surface area contributed by atoms with Gasteiger partial charge in [0.15, 0.2) is 5.16 Å². The summed E-state index contributed by atoms with van der Waals surface area (Å²) in [5.74, 6) is 2.39. The molecule has 1 aromatic rings. The van der Waals surface area contributed by atoms with Gasteiger partial charge in [-0.3, -0.25) is 0 Å². The summed E-state index contributed by atoms with van der Waals surface area (Å²) in [4.78, 5) is 0. The van der Waals surface area contributed by atoms with Crippen molar-refractivity contribution in [1.29, 1.82) is 0 Å². The summed E-state index contributed by atoms with van der Waals surface area (Å²) in [5, 5.41) is 9.34. The molecule has 2 N–H and O–H groups in total. The van der Waals surface area contributed by atoms with Gasteiger partial charge in [-0.25, -0.2) is 0 Å². The highest BCUT2D eigenvalue weighted by molar-refractivity contribution is 7.99. The van der Waals surface area contributed by atoms with Gasteiger partial charge < -0.3 is 10.3 Å². The minimum absolute atomic E-state index is 0.426. The van der Waals surface area contributed by atoms with Crippen LogP contribution in [0.2, 0.25) is 0 Å². The van der Waals surface area contributed by atoms with Gasteiger partial charge >= 0.3 is 0 Å². The van der Waals surface area contributed by atoms with E-state index in [2.05, 4.69) is 35.5 Å². The summed E-state index contributed by atoms with van der Waals surface area (Å²) in [6.45, 7) is 7.98. The lowest BCUT2D eigenvalue weighted by molar-refractivity contribution is 0.613. The Morgan fingerprint density at radius 1 is 1.43 bits per heavy atom. The van der Waals surface area contributed by atoms with Gasteiger partial charge in [0.25, 0.3) is 0 Å². The van der Waals surface area contributed by atoms with E-state index >= 15 is 0 Å². The van der Waals surface area contributed by atoms with Gasteiger partial charge in [-0.15, -0.1) is 10.2 Å². The van der Waals surface area contributed by atoms with Gasteiger partial charge in [-0.2, -0.15) is 0 Å². The maximum atomic E-state index is 5.46. The second-order valence-electron chi connectivity index (χ2n) is 3.38. The van der Waals surface area contributed by atoms with Crippen LogP contribution in [0, 0.1) is 0 Å². The van der Waals surface area contributed by atoms with E-state index in [0.29, 0.717) is 12.5 Å². The van der Waals surface area contributed by atoms with Crippen LogP contribution in [0.5, 0.6) is 0 Å². The van der Waals surface area contributed by atoms with Crippen LogP contribution >= 0.6 is 11.8 Å². The minimum Gasteiger partial charge on any atom is -0.330 e. The van der Waals surface area contributed by atoms with Crippen molar-refractivity contribution >= 4 is 11.8 Å². The summed E-state index contributed by atoms with van der Waals surface area (Å²) < 4.78 is 2.16. The molecule has 4 nitrogen and oxygen atoms in total. The Morgan fingerprint density at radius 2 is 2.14 bits per heavy atom. The Balaban J connectivity index is 2.84. The standard InChI is InChI=1S/C9H18N4S/c1-4-13-8(7(2)3)11-12-9(13)14-6-5-10/h7H,4-6,10H2,1-3H3. The lowest BCUT2D eigenvalue weighted by atomic mass is 10.2. The largest absolute Gasteiger partial charge is 0.330 e. The lowest BCUT2D eigenvalue weighted by Crippen LogP contribution is -2.06. The molecule has 0 fully saturated rings. The van der Waals surface area contributed by atoms with Crippen molar-refractivity contribution in [3.8, 4) is 0 Å². The fourth-order valence-corrected chi connectivity index (χ4v) is 2.06. The van der Waals surface area contributed by atoms with E-state index in [4.69, 9.17) is 5.73 Å². The lowest BCUT2D eigenvalue weighted by Gasteiger charge is -2.08. The minimum atomic E-state index is 0.426. The van der Waals surface area contributed by atoms with E-state index in [1.165, 1.54) is 0 Å². The highest BCUT2D eigenvalue weighted by Gasteiger charge is 2.13. The fourth-order valence-electron chi connectivity index (χ4n) is 1.28. The molecule has 1 rings (SSSR count). The quantitative estimate of drug-likeness (QED) is 0.754. The average Bonchev–Trinajstić information content (AvgIpc) is 2.57. The predicted octanol–water partition coefficient (Wildman–Crippen LogP) is 1.47. The van der Waals surface area contributed by atoms with Crippen molar-refractivity contribution in [2.24, 2.45) is 5.73 Å². The Labute approximate surface area is 89.3 Å². The molecule has 0 aromatic carbocycles. The first-order valence-corrected chi connectivity index (χ1v) is 5.95. The van der Waals surface area contributed by atoms with E-state index in [1.54, 1.807) is 11.8 Å². The summed E-state index contributed by atoms with van der Waals surface area (Å²) >= 11 is 1.67. The first-order chi connectivity index (χ1) is 6.70. The molecular weight excluding hydrogens is 196 g/mol. The number of thioether (sulfide) groups is 1. The summed E-state index contributed by atoms with van der Waals surface area (Å²) in [6, 6.07) is 0. The molecule has 0 amide bonds. The van der Waals surface area contributed by atoms with Gasteiger partial charge in [-0.05, 0) is 6.92 Å². The van der Waals surface area contributed by atoms with Gasteiger partial charge in [-0.1, -0.05) is 25.6 Å². The summed E-state index contributed by atoms with van der Waals surface area (Å²) in [6.07, 6.45) is 0.